The summed E-state index contributed by atoms with van der Waals surface area (Å²) in [6, 6.07) is 4.87. The number of hydrogen-bond donors (Lipinski definition) is 1. The van der Waals surface area contributed by atoms with Crippen LogP contribution >= 0.6 is 11.3 Å². The molecule has 2 unspecified atom stereocenters. The van der Waals surface area contributed by atoms with Crippen LogP contribution in [0.15, 0.2) is 24.5 Å². The molecule has 0 aliphatic carbocycles. The van der Waals surface area contributed by atoms with Crippen molar-refractivity contribution in [3.05, 3.63) is 40.7 Å². The number of nitrogens with zero attached hydrogens (tertiary/aromatic N) is 4. The largest absolute Gasteiger partial charge is 0.375 e. The summed E-state index contributed by atoms with van der Waals surface area (Å²) in [7, 11) is 0. The van der Waals surface area contributed by atoms with Crippen molar-refractivity contribution >= 4 is 16.5 Å². The molecule has 2 N–H and O–H groups in total. The van der Waals surface area contributed by atoms with Gasteiger partial charge in [0, 0.05) is 61.7 Å². The molecule has 2 aromatic rings. The van der Waals surface area contributed by atoms with Gasteiger partial charge < -0.3 is 5.73 Å². The first kappa shape index (κ1) is 18.3. The van der Waals surface area contributed by atoms with Crippen molar-refractivity contribution in [3.8, 4) is 0 Å². The molecule has 0 aromatic carbocycles. The molecular weight excluding hydrogens is 330 g/mol. The Labute approximate surface area is 154 Å². The minimum atomic E-state index is 0.570. The lowest BCUT2D eigenvalue weighted by Gasteiger charge is -2.44. The van der Waals surface area contributed by atoms with E-state index in [1.165, 1.54) is 16.9 Å². The number of anilines is 1. The molecule has 2 aromatic heterocycles. The predicted molar refractivity (Wildman–Crippen MR) is 104 cm³/mol. The summed E-state index contributed by atoms with van der Waals surface area (Å²) in [6.07, 6.45) is 5.14. The number of aryl methyl sites for hydroxylation is 1. The Morgan fingerprint density at radius 3 is 2.72 bits per heavy atom. The Kier molecular flexibility index (Phi) is 6.04. The van der Waals surface area contributed by atoms with Crippen molar-refractivity contribution in [2.24, 2.45) is 5.92 Å². The van der Waals surface area contributed by atoms with Gasteiger partial charge in [0.1, 0.15) is 0 Å². The maximum absolute atomic E-state index is 5.80. The van der Waals surface area contributed by atoms with Gasteiger partial charge in [-0.3, -0.25) is 14.8 Å². The zero-order valence-corrected chi connectivity index (χ0v) is 16.3. The summed E-state index contributed by atoms with van der Waals surface area (Å²) in [4.78, 5) is 15.1. The summed E-state index contributed by atoms with van der Waals surface area (Å²) in [5.74, 6) is 0.671. The van der Waals surface area contributed by atoms with Gasteiger partial charge in [0.15, 0.2) is 5.13 Å². The number of thiazole rings is 1. The minimum absolute atomic E-state index is 0.570. The van der Waals surface area contributed by atoms with Crippen LogP contribution < -0.4 is 5.73 Å². The van der Waals surface area contributed by atoms with Gasteiger partial charge in [-0.15, -0.1) is 11.3 Å². The van der Waals surface area contributed by atoms with Crippen molar-refractivity contribution in [2.75, 3.05) is 25.4 Å². The number of piperazine rings is 1. The van der Waals surface area contributed by atoms with E-state index in [-0.39, 0.29) is 0 Å². The fourth-order valence-corrected chi connectivity index (χ4v) is 4.21. The minimum Gasteiger partial charge on any atom is -0.375 e. The van der Waals surface area contributed by atoms with E-state index in [1.807, 2.05) is 19.3 Å². The van der Waals surface area contributed by atoms with Crippen LogP contribution in [0.1, 0.15) is 36.4 Å². The summed E-state index contributed by atoms with van der Waals surface area (Å²) in [5.41, 5.74) is 8.18. The second-order valence-corrected chi connectivity index (χ2v) is 8.28. The molecule has 0 radical (unpaired) electrons. The van der Waals surface area contributed by atoms with Crippen molar-refractivity contribution in [3.63, 3.8) is 0 Å². The van der Waals surface area contributed by atoms with E-state index >= 15 is 0 Å². The molecule has 5 nitrogen and oxygen atoms in total. The molecule has 0 saturated carbocycles. The summed E-state index contributed by atoms with van der Waals surface area (Å²) in [5, 5.41) is 0.667. The van der Waals surface area contributed by atoms with Gasteiger partial charge in [-0.25, -0.2) is 4.98 Å². The Morgan fingerprint density at radius 2 is 2.08 bits per heavy atom. The number of aromatic nitrogens is 2. The molecule has 25 heavy (non-hydrogen) atoms. The third kappa shape index (κ3) is 4.77. The third-order valence-corrected chi connectivity index (χ3v) is 6.04. The smallest absolute Gasteiger partial charge is 0.180 e. The molecule has 0 amide bonds. The van der Waals surface area contributed by atoms with Crippen LogP contribution in [-0.4, -0.2) is 45.4 Å². The molecule has 1 aliphatic rings. The van der Waals surface area contributed by atoms with Gasteiger partial charge in [0.2, 0.25) is 0 Å². The first-order chi connectivity index (χ1) is 12.0. The van der Waals surface area contributed by atoms with E-state index < -0.39 is 0 Å². The van der Waals surface area contributed by atoms with Crippen molar-refractivity contribution in [2.45, 2.75) is 46.3 Å². The van der Waals surface area contributed by atoms with Crippen LogP contribution in [0.25, 0.3) is 0 Å². The van der Waals surface area contributed by atoms with E-state index in [0.29, 0.717) is 17.1 Å². The molecule has 3 rings (SSSR count). The number of hydrogen-bond acceptors (Lipinski definition) is 6. The Balaban J connectivity index is 1.66. The fourth-order valence-electron chi connectivity index (χ4n) is 3.50. The standard InChI is InChI=1S/C19H29N5S/c1-4-14(2)18-13-23(11-16-6-5-15(3)21-9-16)7-8-24(18)12-17-10-22-19(20)25-17/h5-6,9-10,14,18H,4,7-8,11-13H2,1-3H3,(H2,20,22). The lowest BCUT2D eigenvalue weighted by molar-refractivity contribution is 0.0359. The lowest BCUT2D eigenvalue weighted by Crippen LogP contribution is -2.54. The molecule has 2 atom stereocenters. The van der Waals surface area contributed by atoms with Crippen LogP contribution in [0.4, 0.5) is 5.13 Å². The molecule has 1 aliphatic heterocycles. The molecule has 1 saturated heterocycles. The highest BCUT2D eigenvalue weighted by Gasteiger charge is 2.30. The zero-order chi connectivity index (χ0) is 17.8. The molecule has 0 bridgehead atoms. The number of nitrogen functional groups attached to an aromatic ring is 1. The van der Waals surface area contributed by atoms with E-state index in [4.69, 9.17) is 5.73 Å². The van der Waals surface area contributed by atoms with Crippen LogP contribution in [0, 0.1) is 12.8 Å². The summed E-state index contributed by atoms with van der Waals surface area (Å²) in [6.45, 7) is 11.9. The van der Waals surface area contributed by atoms with Gasteiger partial charge in [0.25, 0.3) is 0 Å². The second kappa shape index (κ2) is 8.25. The lowest BCUT2D eigenvalue weighted by atomic mass is 9.95. The molecular formula is C19H29N5S. The topological polar surface area (TPSA) is 58.3 Å². The van der Waals surface area contributed by atoms with Gasteiger partial charge in [0.05, 0.1) is 0 Å². The maximum Gasteiger partial charge on any atom is 0.180 e. The quantitative estimate of drug-likeness (QED) is 0.858. The summed E-state index contributed by atoms with van der Waals surface area (Å²) >= 11 is 1.61. The van der Waals surface area contributed by atoms with E-state index in [2.05, 4.69) is 45.7 Å². The molecule has 136 valence electrons. The third-order valence-electron chi connectivity index (χ3n) is 5.23. The highest BCUT2D eigenvalue weighted by molar-refractivity contribution is 7.15. The molecule has 0 spiro atoms. The zero-order valence-electron chi connectivity index (χ0n) is 15.5. The Bertz CT molecular complexity index is 669. The second-order valence-electron chi connectivity index (χ2n) is 7.13. The number of pyridine rings is 1. The fraction of sp³-hybridized carbons (Fsp3) is 0.579. The van der Waals surface area contributed by atoms with Gasteiger partial charge in [-0.05, 0) is 24.5 Å². The van der Waals surface area contributed by atoms with Crippen LogP contribution in [0.5, 0.6) is 0 Å². The average Bonchev–Trinajstić information content (AvgIpc) is 3.02. The highest BCUT2D eigenvalue weighted by Crippen LogP contribution is 2.25. The molecule has 3 heterocycles. The average molecular weight is 360 g/mol. The SMILES string of the molecule is CCC(C)C1CN(Cc2ccc(C)nc2)CCN1Cc1cnc(N)s1. The van der Waals surface area contributed by atoms with Gasteiger partial charge in [-0.2, -0.15) is 0 Å². The number of rotatable bonds is 6. The van der Waals surface area contributed by atoms with E-state index in [9.17, 15) is 0 Å². The van der Waals surface area contributed by atoms with E-state index in [1.54, 1.807) is 11.3 Å². The maximum atomic E-state index is 5.80. The monoisotopic (exact) mass is 359 g/mol. The first-order valence-electron chi connectivity index (χ1n) is 9.13. The molecule has 6 heteroatoms. The highest BCUT2D eigenvalue weighted by atomic mass is 32.1. The predicted octanol–water partition coefficient (Wildman–Crippen LogP) is 3.16. The first-order valence-corrected chi connectivity index (χ1v) is 9.95. The van der Waals surface area contributed by atoms with E-state index in [0.717, 1.165) is 38.4 Å². The van der Waals surface area contributed by atoms with Crippen molar-refractivity contribution < 1.29 is 0 Å². The van der Waals surface area contributed by atoms with Crippen molar-refractivity contribution in [1.82, 2.24) is 19.8 Å². The van der Waals surface area contributed by atoms with Gasteiger partial charge in [-0.1, -0.05) is 26.3 Å². The Morgan fingerprint density at radius 1 is 1.24 bits per heavy atom. The normalized spacial score (nSPS) is 20.7. The van der Waals surface area contributed by atoms with Crippen LogP contribution in [-0.2, 0) is 13.1 Å². The summed E-state index contributed by atoms with van der Waals surface area (Å²) < 4.78 is 0. The molecule has 1 fully saturated rings. The van der Waals surface area contributed by atoms with Gasteiger partial charge >= 0.3 is 0 Å². The number of nitrogens with two attached hydrogens (primary N) is 1. The van der Waals surface area contributed by atoms with Crippen molar-refractivity contribution in [1.29, 1.82) is 0 Å². The Hall–Kier alpha value is -1.50. The van der Waals surface area contributed by atoms with Crippen LogP contribution in [0.2, 0.25) is 0 Å². The van der Waals surface area contributed by atoms with Crippen LogP contribution in [0.3, 0.4) is 0 Å².